The van der Waals surface area contributed by atoms with E-state index in [1.54, 1.807) is 12.1 Å². The van der Waals surface area contributed by atoms with E-state index >= 15 is 0 Å². The van der Waals surface area contributed by atoms with Gasteiger partial charge in [0.05, 0.1) is 6.10 Å². The normalized spacial score (nSPS) is 18.1. The number of phenolic OH excluding ortho intramolecular Hbond substituents is 1. The summed E-state index contributed by atoms with van der Waals surface area (Å²) < 4.78 is 0. The molecule has 100 valence electrons. The first kappa shape index (κ1) is 13.4. The fraction of sp³-hybridized carbons (Fsp3) is 0.600. The number of hydrogen-bond acceptors (Lipinski definition) is 3. The number of aryl methyl sites for hydroxylation is 1. The zero-order valence-electron chi connectivity index (χ0n) is 11.1. The van der Waals surface area contributed by atoms with E-state index in [9.17, 15) is 5.11 Å². The van der Waals surface area contributed by atoms with E-state index in [2.05, 4.69) is 12.4 Å². The van der Waals surface area contributed by atoms with Gasteiger partial charge in [-0.3, -0.25) is 4.84 Å². The van der Waals surface area contributed by atoms with Crippen LogP contribution in [-0.4, -0.2) is 17.3 Å². The molecule has 2 N–H and O–H groups in total. The van der Waals surface area contributed by atoms with Crippen LogP contribution in [0.4, 0.5) is 0 Å². The molecule has 1 aromatic rings. The smallest absolute Gasteiger partial charge is 0.115 e. The molecular formula is C15H23NO2. The summed E-state index contributed by atoms with van der Waals surface area (Å²) in [6, 6.07) is 7.78. The Bertz CT molecular complexity index is 344. The van der Waals surface area contributed by atoms with Crippen molar-refractivity contribution in [3.63, 3.8) is 0 Å². The second kappa shape index (κ2) is 6.76. The molecule has 0 saturated heterocycles. The molecule has 1 fully saturated rings. The predicted molar refractivity (Wildman–Crippen MR) is 72.4 cm³/mol. The molecule has 1 aliphatic rings. The van der Waals surface area contributed by atoms with Gasteiger partial charge >= 0.3 is 0 Å². The summed E-state index contributed by atoms with van der Waals surface area (Å²) in [4.78, 5) is 5.68. The summed E-state index contributed by atoms with van der Waals surface area (Å²) in [7, 11) is 0. The Morgan fingerprint density at radius 1 is 1.28 bits per heavy atom. The van der Waals surface area contributed by atoms with E-state index in [-0.39, 0.29) is 0 Å². The molecule has 2 rings (SSSR count). The van der Waals surface area contributed by atoms with Crippen LogP contribution < -0.4 is 5.48 Å². The average Bonchev–Trinajstić information content (AvgIpc) is 2.89. The molecule has 1 aliphatic carbocycles. The standard InChI is InChI=1S/C15H23NO2/c1-12(16-18-15-4-2-3-5-15)6-7-13-8-10-14(17)11-9-13/h8-12,15-17H,2-7H2,1H3. The van der Waals surface area contributed by atoms with E-state index < -0.39 is 0 Å². The lowest BCUT2D eigenvalue weighted by Crippen LogP contribution is -2.30. The molecule has 3 nitrogen and oxygen atoms in total. The van der Waals surface area contributed by atoms with Crippen molar-refractivity contribution in [2.45, 2.75) is 57.6 Å². The van der Waals surface area contributed by atoms with Crippen molar-refractivity contribution in [3.8, 4) is 5.75 Å². The number of rotatable bonds is 6. The van der Waals surface area contributed by atoms with E-state index in [4.69, 9.17) is 4.84 Å². The maximum atomic E-state index is 9.21. The van der Waals surface area contributed by atoms with Crippen LogP contribution in [0.1, 0.15) is 44.6 Å². The Kier molecular flexibility index (Phi) is 5.02. The van der Waals surface area contributed by atoms with Crippen LogP contribution in [0.5, 0.6) is 5.75 Å². The Hall–Kier alpha value is -1.06. The third-order valence-corrected chi connectivity index (χ3v) is 3.54. The van der Waals surface area contributed by atoms with E-state index in [0.717, 1.165) is 12.8 Å². The molecule has 1 saturated carbocycles. The lowest BCUT2D eigenvalue weighted by atomic mass is 10.1. The molecule has 0 spiro atoms. The average molecular weight is 249 g/mol. The monoisotopic (exact) mass is 249 g/mol. The number of hydroxylamine groups is 1. The third-order valence-electron chi connectivity index (χ3n) is 3.54. The zero-order chi connectivity index (χ0) is 12.8. The molecule has 1 aromatic carbocycles. The topological polar surface area (TPSA) is 41.5 Å². The summed E-state index contributed by atoms with van der Waals surface area (Å²) in [6.07, 6.45) is 7.44. The number of phenols is 1. The van der Waals surface area contributed by atoms with Gasteiger partial charge in [0.15, 0.2) is 0 Å². The summed E-state index contributed by atoms with van der Waals surface area (Å²) in [5.74, 6) is 0.328. The minimum Gasteiger partial charge on any atom is -0.508 e. The largest absolute Gasteiger partial charge is 0.508 e. The van der Waals surface area contributed by atoms with Gasteiger partial charge in [-0.1, -0.05) is 25.0 Å². The van der Waals surface area contributed by atoms with Crippen molar-refractivity contribution in [2.24, 2.45) is 0 Å². The van der Waals surface area contributed by atoms with Gasteiger partial charge in [-0.25, -0.2) is 0 Å². The maximum absolute atomic E-state index is 9.21. The summed E-state index contributed by atoms with van der Waals surface area (Å²) in [6.45, 7) is 2.15. The van der Waals surface area contributed by atoms with Crippen molar-refractivity contribution >= 4 is 0 Å². The minimum absolute atomic E-state index is 0.328. The van der Waals surface area contributed by atoms with Gasteiger partial charge in [0, 0.05) is 6.04 Å². The van der Waals surface area contributed by atoms with Gasteiger partial charge in [-0.05, 0) is 50.3 Å². The van der Waals surface area contributed by atoms with Crippen molar-refractivity contribution in [1.82, 2.24) is 5.48 Å². The highest BCUT2D eigenvalue weighted by molar-refractivity contribution is 5.25. The van der Waals surface area contributed by atoms with Crippen LogP contribution in [-0.2, 0) is 11.3 Å². The number of benzene rings is 1. The molecule has 0 aromatic heterocycles. The van der Waals surface area contributed by atoms with E-state index in [0.29, 0.717) is 17.9 Å². The first-order valence-corrected chi connectivity index (χ1v) is 6.93. The molecule has 1 atom stereocenters. The van der Waals surface area contributed by atoms with Crippen LogP contribution >= 0.6 is 0 Å². The Labute approximate surface area is 109 Å². The highest BCUT2D eigenvalue weighted by Gasteiger charge is 2.16. The molecule has 0 heterocycles. The highest BCUT2D eigenvalue weighted by atomic mass is 16.7. The summed E-state index contributed by atoms with van der Waals surface area (Å²) >= 11 is 0. The fourth-order valence-corrected chi connectivity index (χ4v) is 2.32. The summed E-state index contributed by atoms with van der Waals surface area (Å²) in [5.41, 5.74) is 4.41. The van der Waals surface area contributed by atoms with Gasteiger partial charge in [-0.2, -0.15) is 5.48 Å². The number of nitrogens with one attached hydrogen (secondary N) is 1. The van der Waals surface area contributed by atoms with Gasteiger partial charge in [0.2, 0.25) is 0 Å². The molecule has 0 amide bonds. The van der Waals surface area contributed by atoms with Gasteiger partial charge < -0.3 is 5.11 Å². The summed E-state index contributed by atoms with van der Waals surface area (Å²) in [5, 5.41) is 9.21. The second-order valence-electron chi connectivity index (χ2n) is 5.25. The SMILES string of the molecule is CC(CCc1ccc(O)cc1)NOC1CCCC1. The Morgan fingerprint density at radius 3 is 2.61 bits per heavy atom. The zero-order valence-corrected chi connectivity index (χ0v) is 11.1. The quantitative estimate of drug-likeness (QED) is 0.761. The molecule has 0 radical (unpaired) electrons. The third kappa shape index (κ3) is 4.31. The van der Waals surface area contributed by atoms with Crippen LogP contribution in [0.25, 0.3) is 0 Å². The molecule has 0 aliphatic heterocycles. The maximum Gasteiger partial charge on any atom is 0.115 e. The second-order valence-corrected chi connectivity index (χ2v) is 5.25. The van der Waals surface area contributed by atoms with Crippen LogP contribution in [0, 0.1) is 0 Å². The molecular weight excluding hydrogens is 226 g/mol. The fourth-order valence-electron chi connectivity index (χ4n) is 2.32. The van der Waals surface area contributed by atoms with Gasteiger partial charge in [-0.15, -0.1) is 0 Å². The molecule has 1 unspecified atom stereocenters. The van der Waals surface area contributed by atoms with Crippen molar-refractivity contribution < 1.29 is 9.94 Å². The lowest BCUT2D eigenvalue weighted by molar-refractivity contribution is -0.0382. The lowest BCUT2D eigenvalue weighted by Gasteiger charge is -2.17. The van der Waals surface area contributed by atoms with E-state index in [1.165, 1.54) is 31.2 Å². The molecule has 18 heavy (non-hydrogen) atoms. The molecule has 0 bridgehead atoms. The number of aromatic hydroxyl groups is 1. The number of hydrogen-bond donors (Lipinski definition) is 2. The predicted octanol–water partition coefficient (Wildman–Crippen LogP) is 3.18. The van der Waals surface area contributed by atoms with Crippen molar-refractivity contribution in [1.29, 1.82) is 0 Å². The Morgan fingerprint density at radius 2 is 1.94 bits per heavy atom. The van der Waals surface area contributed by atoms with Gasteiger partial charge in [0.1, 0.15) is 5.75 Å². The van der Waals surface area contributed by atoms with Crippen LogP contribution in [0.3, 0.4) is 0 Å². The highest BCUT2D eigenvalue weighted by Crippen LogP contribution is 2.20. The minimum atomic E-state index is 0.328. The van der Waals surface area contributed by atoms with E-state index in [1.807, 2.05) is 12.1 Å². The Balaban J connectivity index is 1.64. The first-order chi connectivity index (χ1) is 8.74. The van der Waals surface area contributed by atoms with Crippen LogP contribution in [0.15, 0.2) is 24.3 Å². The van der Waals surface area contributed by atoms with Crippen LogP contribution in [0.2, 0.25) is 0 Å². The van der Waals surface area contributed by atoms with Crippen molar-refractivity contribution in [2.75, 3.05) is 0 Å². The first-order valence-electron chi connectivity index (χ1n) is 6.93. The van der Waals surface area contributed by atoms with Crippen molar-refractivity contribution in [3.05, 3.63) is 29.8 Å². The molecule has 3 heteroatoms. The van der Waals surface area contributed by atoms with Gasteiger partial charge in [0.25, 0.3) is 0 Å².